The van der Waals surface area contributed by atoms with Crippen LogP contribution in [-0.2, 0) is 19.4 Å². The number of rotatable bonds is 4. The van der Waals surface area contributed by atoms with E-state index in [1.165, 1.54) is 18.2 Å². The van der Waals surface area contributed by atoms with Crippen molar-refractivity contribution in [1.29, 1.82) is 0 Å². The lowest BCUT2D eigenvalue weighted by Gasteiger charge is -2.11. The Hall–Kier alpha value is -1.80. The molecule has 1 fully saturated rings. The van der Waals surface area contributed by atoms with E-state index >= 15 is 0 Å². The highest BCUT2D eigenvalue weighted by Crippen LogP contribution is 2.18. The Bertz CT molecular complexity index is 704. The molecule has 0 aromatic heterocycles. The standard InChI is InChI=1S/C13H15ClN2O5S/c14-8-1-2-11(15)10(5-8)13(18)21-6-12(17)16-9-3-4-22(19,20)7-9/h1-2,5,9H,3-4,6-7,15H2,(H,16,17)/t9-/m1/s1. The number of carbonyl (C=O) groups excluding carboxylic acids is 2. The van der Waals surface area contributed by atoms with Crippen molar-refractivity contribution in [1.82, 2.24) is 5.32 Å². The van der Waals surface area contributed by atoms with Crippen LogP contribution >= 0.6 is 11.6 Å². The monoisotopic (exact) mass is 346 g/mol. The summed E-state index contributed by atoms with van der Waals surface area (Å²) in [5.74, 6) is -1.37. The van der Waals surface area contributed by atoms with Crippen molar-refractivity contribution in [2.75, 3.05) is 23.8 Å². The summed E-state index contributed by atoms with van der Waals surface area (Å²) >= 11 is 5.76. The van der Waals surface area contributed by atoms with Gasteiger partial charge in [0.1, 0.15) is 0 Å². The summed E-state index contributed by atoms with van der Waals surface area (Å²) in [5, 5.41) is 2.84. The number of benzene rings is 1. The van der Waals surface area contributed by atoms with E-state index in [2.05, 4.69) is 5.32 Å². The molecule has 22 heavy (non-hydrogen) atoms. The van der Waals surface area contributed by atoms with Gasteiger partial charge in [0.2, 0.25) is 0 Å². The van der Waals surface area contributed by atoms with Crippen molar-refractivity contribution >= 4 is 39.0 Å². The second-order valence-corrected chi connectivity index (χ2v) is 7.64. The molecule has 1 saturated heterocycles. The van der Waals surface area contributed by atoms with Crippen LogP contribution in [0.5, 0.6) is 0 Å². The minimum absolute atomic E-state index is 0.0524. The lowest BCUT2D eigenvalue weighted by molar-refractivity contribution is -0.124. The molecule has 1 atom stereocenters. The van der Waals surface area contributed by atoms with Crippen LogP contribution in [0.1, 0.15) is 16.8 Å². The molecule has 9 heteroatoms. The summed E-state index contributed by atoms with van der Waals surface area (Å²) in [7, 11) is -3.08. The zero-order valence-electron chi connectivity index (χ0n) is 11.5. The Balaban J connectivity index is 1.86. The Labute approximate surface area is 132 Å². The van der Waals surface area contributed by atoms with Gasteiger partial charge in [0.25, 0.3) is 5.91 Å². The molecular weight excluding hydrogens is 332 g/mol. The summed E-state index contributed by atoms with van der Waals surface area (Å²) in [5.41, 5.74) is 5.90. The van der Waals surface area contributed by atoms with Crippen LogP contribution in [0.25, 0.3) is 0 Å². The van der Waals surface area contributed by atoms with Crippen molar-refractivity contribution in [3.8, 4) is 0 Å². The van der Waals surface area contributed by atoms with Crippen molar-refractivity contribution in [3.05, 3.63) is 28.8 Å². The van der Waals surface area contributed by atoms with Gasteiger partial charge in [-0.1, -0.05) is 11.6 Å². The highest BCUT2D eigenvalue weighted by molar-refractivity contribution is 7.91. The van der Waals surface area contributed by atoms with Gasteiger partial charge in [-0.15, -0.1) is 0 Å². The Kier molecular flexibility index (Phi) is 4.92. The molecule has 0 unspecified atom stereocenters. The second-order valence-electron chi connectivity index (χ2n) is 4.98. The summed E-state index contributed by atoms with van der Waals surface area (Å²) in [4.78, 5) is 23.5. The third-order valence-corrected chi connectivity index (χ3v) is 5.17. The number of halogens is 1. The van der Waals surface area contributed by atoms with Crippen LogP contribution in [0, 0.1) is 0 Å². The molecule has 1 aliphatic heterocycles. The summed E-state index contributed by atoms with van der Waals surface area (Å²) in [6, 6.07) is 3.90. The SMILES string of the molecule is Nc1ccc(Cl)cc1C(=O)OCC(=O)N[C@@H]1CCS(=O)(=O)C1. The first kappa shape index (κ1) is 16.6. The fraction of sp³-hybridized carbons (Fsp3) is 0.385. The Morgan fingerprint density at radius 3 is 2.77 bits per heavy atom. The molecule has 2 rings (SSSR count). The molecule has 0 spiro atoms. The molecule has 120 valence electrons. The van der Waals surface area contributed by atoms with Crippen LogP contribution in [0.2, 0.25) is 5.02 Å². The molecule has 1 amide bonds. The zero-order chi connectivity index (χ0) is 16.3. The van der Waals surface area contributed by atoms with Gasteiger partial charge >= 0.3 is 5.97 Å². The second kappa shape index (κ2) is 6.53. The third-order valence-electron chi connectivity index (χ3n) is 3.17. The number of hydrogen-bond acceptors (Lipinski definition) is 6. The first-order valence-corrected chi connectivity index (χ1v) is 8.69. The molecule has 7 nitrogen and oxygen atoms in total. The normalized spacial score (nSPS) is 19.6. The van der Waals surface area contributed by atoms with E-state index in [0.717, 1.165) is 0 Å². The fourth-order valence-electron chi connectivity index (χ4n) is 2.09. The van der Waals surface area contributed by atoms with Gasteiger partial charge in [-0.2, -0.15) is 0 Å². The summed E-state index contributed by atoms with van der Waals surface area (Å²) in [6.07, 6.45) is 0.364. The first-order valence-electron chi connectivity index (χ1n) is 6.49. The van der Waals surface area contributed by atoms with Crippen LogP contribution in [0.4, 0.5) is 5.69 Å². The van der Waals surface area contributed by atoms with Gasteiger partial charge in [-0.3, -0.25) is 4.79 Å². The van der Waals surface area contributed by atoms with E-state index in [1.807, 2.05) is 0 Å². The molecular formula is C13H15ClN2O5S. The summed E-state index contributed by atoms with van der Waals surface area (Å²) < 4.78 is 27.4. The molecule has 1 heterocycles. The first-order chi connectivity index (χ1) is 10.3. The zero-order valence-corrected chi connectivity index (χ0v) is 13.1. The summed E-state index contributed by atoms with van der Waals surface area (Å²) in [6.45, 7) is -0.513. The van der Waals surface area contributed by atoms with E-state index in [1.54, 1.807) is 0 Å². The highest BCUT2D eigenvalue weighted by atomic mass is 35.5. The van der Waals surface area contributed by atoms with Crippen LogP contribution in [0.15, 0.2) is 18.2 Å². The number of nitrogens with two attached hydrogens (primary N) is 1. The number of ether oxygens (including phenoxy) is 1. The minimum atomic E-state index is -3.08. The largest absolute Gasteiger partial charge is 0.452 e. The van der Waals surface area contributed by atoms with Gasteiger partial charge in [0.05, 0.1) is 17.1 Å². The van der Waals surface area contributed by atoms with Crippen LogP contribution < -0.4 is 11.1 Å². The molecule has 0 aliphatic carbocycles. The van der Waals surface area contributed by atoms with E-state index in [0.29, 0.717) is 11.4 Å². The number of carbonyl (C=O) groups is 2. The maximum absolute atomic E-state index is 11.8. The number of nitrogens with one attached hydrogen (secondary N) is 1. The number of hydrogen-bond donors (Lipinski definition) is 2. The number of sulfone groups is 1. The lowest BCUT2D eigenvalue weighted by Crippen LogP contribution is -2.38. The predicted molar refractivity (Wildman–Crippen MR) is 81.3 cm³/mol. The van der Waals surface area contributed by atoms with Crippen molar-refractivity contribution in [3.63, 3.8) is 0 Å². The van der Waals surface area contributed by atoms with Crippen molar-refractivity contribution < 1.29 is 22.7 Å². The van der Waals surface area contributed by atoms with Gasteiger partial charge in [-0.25, -0.2) is 13.2 Å². The number of nitrogen functional groups attached to an aromatic ring is 1. The average molecular weight is 347 g/mol. The average Bonchev–Trinajstić information content (AvgIpc) is 2.78. The van der Waals surface area contributed by atoms with Gasteiger partial charge in [-0.05, 0) is 24.6 Å². The maximum Gasteiger partial charge on any atom is 0.340 e. The molecule has 1 aromatic carbocycles. The quantitative estimate of drug-likeness (QED) is 0.601. The molecule has 1 aliphatic rings. The van der Waals surface area contributed by atoms with Gasteiger partial charge < -0.3 is 15.8 Å². The molecule has 0 radical (unpaired) electrons. The Morgan fingerprint density at radius 2 is 2.14 bits per heavy atom. The van der Waals surface area contributed by atoms with Crippen LogP contribution in [-0.4, -0.2) is 44.4 Å². The van der Waals surface area contributed by atoms with Gasteiger partial charge in [0.15, 0.2) is 16.4 Å². The van der Waals surface area contributed by atoms with Crippen molar-refractivity contribution in [2.24, 2.45) is 0 Å². The molecule has 0 saturated carbocycles. The predicted octanol–water partition coefficient (Wildman–Crippen LogP) is 0.382. The lowest BCUT2D eigenvalue weighted by atomic mass is 10.2. The Morgan fingerprint density at radius 1 is 1.41 bits per heavy atom. The fourth-order valence-corrected chi connectivity index (χ4v) is 3.94. The minimum Gasteiger partial charge on any atom is -0.452 e. The number of amides is 1. The smallest absolute Gasteiger partial charge is 0.340 e. The van der Waals surface area contributed by atoms with Crippen molar-refractivity contribution in [2.45, 2.75) is 12.5 Å². The molecule has 0 bridgehead atoms. The molecule has 3 N–H and O–H groups in total. The topological polar surface area (TPSA) is 116 Å². The van der Waals surface area contributed by atoms with Crippen LogP contribution in [0.3, 0.4) is 0 Å². The number of anilines is 1. The van der Waals surface area contributed by atoms with E-state index in [-0.39, 0.29) is 22.8 Å². The molecule has 1 aromatic rings. The maximum atomic E-state index is 11.8. The number of esters is 1. The van der Waals surface area contributed by atoms with E-state index in [9.17, 15) is 18.0 Å². The van der Waals surface area contributed by atoms with E-state index < -0.39 is 34.4 Å². The highest BCUT2D eigenvalue weighted by Gasteiger charge is 2.29. The van der Waals surface area contributed by atoms with E-state index in [4.69, 9.17) is 22.1 Å². The van der Waals surface area contributed by atoms with Gasteiger partial charge in [0, 0.05) is 16.8 Å². The third kappa shape index (κ3) is 4.35.